The highest BCUT2D eigenvalue weighted by molar-refractivity contribution is 7.80. The molecule has 1 aliphatic rings. The number of hydrogen-bond acceptors (Lipinski definition) is 1. The van der Waals surface area contributed by atoms with Crippen molar-refractivity contribution in [3.05, 3.63) is 0 Å². The summed E-state index contributed by atoms with van der Waals surface area (Å²) in [4.78, 5) is 0. The summed E-state index contributed by atoms with van der Waals surface area (Å²) in [6.07, 6.45) is 3.87. The van der Waals surface area contributed by atoms with Crippen LogP contribution in [0.1, 0.15) is 26.2 Å². The van der Waals surface area contributed by atoms with Gasteiger partial charge in [-0.25, -0.2) is 0 Å². The molecular weight excluding hydrogens is 156 g/mol. The van der Waals surface area contributed by atoms with Crippen LogP contribution < -0.4 is 10.6 Å². The highest BCUT2D eigenvalue weighted by Gasteiger charge is 2.20. The molecule has 2 atom stereocenters. The summed E-state index contributed by atoms with van der Waals surface area (Å²) < 4.78 is 0. The molecule has 0 aromatic carbocycles. The van der Waals surface area contributed by atoms with Crippen molar-refractivity contribution >= 4 is 17.3 Å². The standard InChI is InChI=1S/C8H16N2S/c1-6-3-4-7(5-6)10-8(11)9-2/h6-7H,3-5H2,1-2H3,(H2,9,10,11). The van der Waals surface area contributed by atoms with Crippen molar-refractivity contribution in [1.29, 1.82) is 0 Å². The molecule has 1 saturated carbocycles. The van der Waals surface area contributed by atoms with Gasteiger partial charge in [0.1, 0.15) is 0 Å². The molecule has 1 rings (SSSR count). The fourth-order valence-corrected chi connectivity index (χ4v) is 1.76. The fourth-order valence-electron chi connectivity index (χ4n) is 1.60. The predicted octanol–water partition coefficient (Wildman–Crippen LogP) is 1.27. The lowest BCUT2D eigenvalue weighted by atomic mass is 10.1. The molecule has 0 spiro atoms. The highest BCUT2D eigenvalue weighted by Crippen LogP contribution is 2.24. The van der Waals surface area contributed by atoms with Crippen molar-refractivity contribution < 1.29 is 0 Å². The lowest BCUT2D eigenvalue weighted by Gasteiger charge is -2.13. The average Bonchev–Trinajstić information content (AvgIpc) is 2.35. The lowest BCUT2D eigenvalue weighted by Crippen LogP contribution is -2.38. The lowest BCUT2D eigenvalue weighted by molar-refractivity contribution is 0.569. The summed E-state index contributed by atoms with van der Waals surface area (Å²) in [5.41, 5.74) is 0. The van der Waals surface area contributed by atoms with Crippen LogP contribution in [0.15, 0.2) is 0 Å². The van der Waals surface area contributed by atoms with Gasteiger partial charge in [0.25, 0.3) is 0 Å². The predicted molar refractivity (Wildman–Crippen MR) is 51.6 cm³/mol. The monoisotopic (exact) mass is 172 g/mol. The van der Waals surface area contributed by atoms with E-state index in [1.54, 1.807) is 0 Å². The molecule has 2 N–H and O–H groups in total. The molecule has 3 heteroatoms. The van der Waals surface area contributed by atoms with Crippen molar-refractivity contribution in [2.45, 2.75) is 32.2 Å². The van der Waals surface area contributed by atoms with Gasteiger partial charge in [-0.1, -0.05) is 6.92 Å². The van der Waals surface area contributed by atoms with E-state index < -0.39 is 0 Å². The smallest absolute Gasteiger partial charge is 0.166 e. The van der Waals surface area contributed by atoms with E-state index in [-0.39, 0.29) is 0 Å². The van der Waals surface area contributed by atoms with Crippen LogP contribution in [-0.2, 0) is 0 Å². The van der Waals surface area contributed by atoms with Gasteiger partial charge in [0.05, 0.1) is 0 Å². The molecule has 0 heterocycles. The third-order valence-electron chi connectivity index (χ3n) is 2.26. The summed E-state index contributed by atoms with van der Waals surface area (Å²) in [6, 6.07) is 0.616. The third kappa shape index (κ3) is 2.66. The Morgan fingerprint density at radius 2 is 2.18 bits per heavy atom. The van der Waals surface area contributed by atoms with Crippen LogP contribution in [0.2, 0.25) is 0 Å². The minimum Gasteiger partial charge on any atom is -0.366 e. The fraction of sp³-hybridized carbons (Fsp3) is 0.875. The minimum absolute atomic E-state index is 0.616. The average molecular weight is 172 g/mol. The van der Waals surface area contributed by atoms with Gasteiger partial charge in [0.15, 0.2) is 5.11 Å². The number of hydrogen-bond donors (Lipinski definition) is 2. The van der Waals surface area contributed by atoms with E-state index in [1.165, 1.54) is 19.3 Å². The Labute approximate surface area is 73.7 Å². The Morgan fingerprint density at radius 1 is 1.45 bits per heavy atom. The van der Waals surface area contributed by atoms with Gasteiger partial charge in [-0.15, -0.1) is 0 Å². The SMILES string of the molecule is CNC(=S)NC1CCC(C)C1. The molecule has 0 radical (unpaired) electrons. The maximum absolute atomic E-state index is 5.01. The van der Waals surface area contributed by atoms with E-state index in [9.17, 15) is 0 Å². The summed E-state index contributed by atoms with van der Waals surface area (Å²) in [5.74, 6) is 0.868. The molecule has 2 nitrogen and oxygen atoms in total. The first-order valence-corrected chi connectivity index (χ1v) is 4.61. The van der Waals surface area contributed by atoms with Crippen LogP contribution >= 0.6 is 12.2 Å². The van der Waals surface area contributed by atoms with Crippen LogP contribution in [0.4, 0.5) is 0 Å². The Balaban J connectivity index is 2.23. The normalized spacial score (nSPS) is 30.0. The van der Waals surface area contributed by atoms with E-state index >= 15 is 0 Å². The van der Waals surface area contributed by atoms with Crippen molar-refractivity contribution in [2.75, 3.05) is 7.05 Å². The zero-order valence-corrected chi connectivity index (χ0v) is 8.00. The molecule has 0 aromatic rings. The van der Waals surface area contributed by atoms with E-state index in [0.717, 1.165) is 11.0 Å². The van der Waals surface area contributed by atoms with Crippen molar-refractivity contribution in [3.8, 4) is 0 Å². The molecule has 2 unspecified atom stereocenters. The molecule has 11 heavy (non-hydrogen) atoms. The van der Waals surface area contributed by atoms with Crippen LogP contribution in [0.25, 0.3) is 0 Å². The van der Waals surface area contributed by atoms with Crippen LogP contribution in [0, 0.1) is 5.92 Å². The van der Waals surface area contributed by atoms with Crippen LogP contribution in [-0.4, -0.2) is 18.2 Å². The summed E-state index contributed by atoms with van der Waals surface area (Å²) >= 11 is 5.01. The topological polar surface area (TPSA) is 24.1 Å². The first-order valence-electron chi connectivity index (χ1n) is 4.20. The second kappa shape index (κ2) is 3.90. The maximum atomic E-state index is 5.01. The van der Waals surface area contributed by atoms with E-state index in [4.69, 9.17) is 12.2 Å². The summed E-state index contributed by atoms with van der Waals surface area (Å²) in [6.45, 7) is 2.30. The van der Waals surface area contributed by atoms with Gasteiger partial charge in [0, 0.05) is 13.1 Å². The first kappa shape index (κ1) is 8.78. The van der Waals surface area contributed by atoms with Crippen LogP contribution in [0.5, 0.6) is 0 Å². The van der Waals surface area contributed by atoms with Crippen molar-refractivity contribution in [1.82, 2.24) is 10.6 Å². The van der Waals surface area contributed by atoms with Gasteiger partial charge in [-0.2, -0.15) is 0 Å². The van der Waals surface area contributed by atoms with Crippen LogP contribution in [0.3, 0.4) is 0 Å². The minimum atomic E-state index is 0.616. The maximum Gasteiger partial charge on any atom is 0.166 e. The van der Waals surface area contributed by atoms with E-state index in [0.29, 0.717) is 6.04 Å². The van der Waals surface area contributed by atoms with Gasteiger partial charge in [-0.3, -0.25) is 0 Å². The van der Waals surface area contributed by atoms with E-state index in [1.807, 2.05) is 7.05 Å². The van der Waals surface area contributed by atoms with Crippen molar-refractivity contribution in [2.24, 2.45) is 5.92 Å². The zero-order chi connectivity index (χ0) is 8.27. The second-order valence-electron chi connectivity index (χ2n) is 3.34. The first-order chi connectivity index (χ1) is 5.22. The van der Waals surface area contributed by atoms with E-state index in [2.05, 4.69) is 17.6 Å². The van der Waals surface area contributed by atoms with Gasteiger partial charge in [-0.05, 0) is 37.4 Å². The largest absolute Gasteiger partial charge is 0.366 e. The Morgan fingerprint density at radius 3 is 2.64 bits per heavy atom. The number of rotatable bonds is 1. The highest BCUT2D eigenvalue weighted by atomic mass is 32.1. The Hall–Kier alpha value is -0.310. The van der Waals surface area contributed by atoms with Gasteiger partial charge in [0.2, 0.25) is 0 Å². The molecule has 0 aromatic heterocycles. The zero-order valence-electron chi connectivity index (χ0n) is 7.18. The molecule has 1 fully saturated rings. The molecule has 1 aliphatic carbocycles. The third-order valence-corrected chi connectivity index (χ3v) is 2.58. The quantitative estimate of drug-likeness (QED) is 0.582. The van der Waals surface area contributed by atoms with Gasteiger partial charge >= 0.3 is 0 Å². The molecular formula is C8H16N2S. The molecule has 0 aliphatic heterocycles. The second-order valence-corrected chi connectivity index (χ2v) is 3.75. The number of nitrogens with one attached hydrogen (secondary N) is 2. The molecule has 0 bridgehead atoms. The summed E-state index contributed by atoms with van der Waals surface area (Å²) in [5, 5.41) is 6.99. The van der Waals surface area contributed by atoms with Crippen molar-refractivity contribution in [3.63, 3.8) is 0 Å². The Bertz CT molecular complexity index is 147. The molecule has 0 saturated heterocycles. The van der Waals surface area contributed by atoms with Gasteiger partial charge < -0.3 is 10.6 Å². The molecule has 64 valence electrons. The summed E-state index contributed by atoms with van der Waals surface area (Å²) in [7, 11) is 1.85. The molecule has 0 amide bonds. The number of thiocarbonyl (C=S) groups is 1. The Kier molecular flexibility index (Phi) is 3.12.